The van der Waals surface area contributed by atoms with E-state index < -0.39 is 0 Å². The molecule has 0 saturated carbocycles. The smallest absolute Gasteiger partial charge is 0.0509 e. The van der Waals surface area contributed by atoms with Gasteiger partial charge in [0.1, 0.15) is 0 Å². The van der Waals surface area contributed by atoms with Crippen molar-refractivity contribution in [1.82, 2.24) is 5.32 Å². The van der Waals surface area contributed by atoms with E-state index in [2.05, 4.69) is 29.8 Å². The van der Waals surface area contributed by atoms with Crippen molar-refractivity contribution >= 4 is 11.3 Å². The fraction of sp³-hybridized carbons (Fsp3) is 0.733. The molecule has 1 saturated heterocycles. The standard InChI is InChI=1S/C15H25NOS/c1-2-9-16-15(13-5-3-10-17-12-13)8-7-14-6-4-11-18-14/h4,6,11,13,15-16H,2-3,5,7-10,12H2,1H3. The van der Waals surface area contributed by atoms with Crippen molar-refractivity contribution in [2.75, 3.05) is 19.8 Å². The average molecular weight is 267 g/mol. The van der Waals surface area contributed by atoms with Gasteiger partial charge in [0.05, 0.1) is 6.61 Å². The van der Waals surface area contributed by atoms with Crippen molar-refractivity contribution in [2.45, 2.75) is 45.1 Å². The van der Waals surface area contributed by atoms with Crippen LogP contribution in [0.5, 0.6) is 0 Å². The maximum Gasteiger partial charge on any atom is 0.0509 e. The van der Waals surface area contributed by atoms with Crippen molar-refractivity contribution in [2.24, 2.45) is 5.92 Å². The zero-order valence-electron chi connectivity index (χ0n) is 11.4. The van der Waals surface area contributed by atoms with Gasteiger partial charge < -0.3 is 10.1 Å². The number of ether oxygens (including phenoxy) is 1. The number of thiophene rings is 1. The van der Waals surface area contributed by atoms with Gasteiger partial charge in [0, 0.05) is 17.5 Å². The summed E-state index contributed by atoms with van der Waals surface area (Å²) in [6.45, 7) is 5.28. The van der Waals surface area contributed by atoms with E-state index in [4.69, 9.17) is 4.74 Å². The van der Waals surface area contributed by atoms with E-state index in [0.717, 1.165) is 19.8 Å². The van der Waals surface area contributed by atoms with Crippen molar-refractivity contribution in [1.29, 1.82) is 0 Å². The molecule has 1 fully saturated rings. The second-order valence-electron chi connectivity index (χ2n) is 5.16. The number of hydrogen-bond donors (Lipinski definition) is 1. The molecule has 1 aliphatic rings. The summed E-state index contributed by atoms with van der Waals surface area (Å²) >= 11 is 1.88. The first kappa shape index (κ1) is 14.0. The Morgan fingerprint density at radius 3 is 3.17 bits per heavy atom. The van der Waals surface area contributed by atoms with Crippen molar-refractivity contribution in [3.8, 4) is 0 Å². The van der Waals surface area contributed by atoms with E-state index in [1.165, 1.54) is 37.0 Å². The minimum atomic E-state index is 0.632. The molecule has 2 atom stereocenters. The summed E-state index contributed by atoms with van der Waals surface area (Å²) in [6, 6.07) is 5.03. The normalized spacial score (nSPS) is 21.9. The Kier molecular flexibility index (Phi) is 6.18. The third-order valence-corrected chi connectivity index (χ3v) is 4.64. The molecule has 102 valence electrons. The van der Waals surface area contributed by atoms with Crippen LogP contribution in [-0.4, -0.2) is 25.8 Å². The van der Waals surface area contributed by atoms with Crippen LogP contribution >= 0.6 is 11.3 Å². The Labute approximate surface area is 115 Å². The molecule has 18 heavy (non-hydrogen) atoms. The van der Waals surface area contributed by atoms with Crippen LogP contribution in [0.2, 0.25) is 0 Å². The molecule has 3 heteroatoms. The lowest BCUT2D eigenvalue weighted by molar-refractivity contribution is 0.0380. The van der Waals surface area contributed by atoms with Gasteiger partial charge in [-0.15, -0.1) is 11.3 Å². The average Bonchev–Trinajstić information content (AvgIpc) is 2.93. The van der Waals surface area contributed by atoms with Gasteiger partial charge in [-0.1, -0.05) is 13.0 Å². The SMILES string of the molecule is CCCNC(CCc1cccs1)C1CCCOC1. The van der Waals surface area contributed by atoms with Crippen LogP contribution in [0, 0.1) is 5.92 Å². The molecule has 2 heterocycles. The summed E-state index contributed by atoms with van der Waals surface area (Å²) in [4.78, 5) is 1.51. The molecule has 2 nitrogen and oxygen atoms in total. The van der Waals surface area contributed by atoms with Crippen molar-refractivity contribution in [3.63, 3.8) is 0 Å². The van der Waals surface area contributed by atoms with Crippen LogP contribution in [-0.2, 0) is 11.2 Å². The first-order valence-corrected chi connectivity index (χ1v) is 8.11. The summed E-state index contributed by atoms with van der Waals surface area (Å²) in [5.41, 5.74) is 0. The van der Waals surface area contributed by atoms with Crippen LogP contribution in [0.15, 0.2) is 17.5 Å². The van der Waals surface area contributed by atoms with Crippen LogP contribution in [0.1, 0.15) is 37.5 Å². The van der Waals surface area contributed by atoms with Gasteiger partial charge in [-0.3, -0.25) is 0 Å². The summed E-state index contributed by atoms with van der Waals surface area (Å²) < 4.78 is 5.64. The van der Waals surface area contributed by atoms with Crippen molar-refractivity contribution in [3.05, 3.63) is 22.4 Å². The zero-order chi connectivity index (χ0) is 12.6. The van der Waals surface area contributed by atoms with E-state index in [-0.39, 0.29) is 0 Å². The molecule has 0 amide bonds. The molecule has 2 rings (SSSR count). The molecule has 1 aromatic rings. The highest BCUT2D eigenvalue weighted by atomic mass is 32.1. The van der Waals surface area contributed by atoms with Crippen LogP contribution in [0.4, 0.5) is 0 Å². The number of rotatable bonds is 7. The lowest BCUT2D eigenvalue weighted by atomic mass is 9.90. The summed E-state index contributed by atoms with van der Waals surface area (Å²) in [5.74, 6) is 0.713. The third-order valence-electron chi connectivity index (χ3n) is 3.70. The minimum Gasteiger partial charge on any atom is -0.381 e. The highest BCUT2D eigenvalue weighted by Crippen LogP contribution is 2.22. The molecule has 1 N–H and O–H groups in total. The lowest BCUT2D eigenvalue weighted by Crippen LogP contribution is -2.40. The van der Waals surface area contributed by atoms with Gasteiger partial charge in [0.25, 0.3) is 0 Å². The van der Waals surface area contributed by atoms with E-state index in [0.29, 0.717) is 12.0 Å². The highest BCUT2D eigenvalue weighted by Gasteiger charge is 2.23. The Morgan fingerprint density at radius 1 is 1.56 bits per heavy atom. The predicted molar refractivity (Wildman–Crippen MR) is 78.3 cm³/mol. The van der Waals surface area contributed by atoms with Gasteiger partial charge in [-0.05, 0) is 56.0 Å². The molecule has 0 radical (unpaired) electrons. The van der Waals surface area contributed by atoms with E-state index in [9.17, 15) is 0 Å². The Morgan fingerprint density at radius 2 is 2.50 bits per heavy atom. The monoisotopic (exact) mass is 267 g/mol. The molecular formula is C15H25NOS. The molecule has 2 unspecified atom stereocenters. The number of nitrogens with one attached hydrogen (secondary N) is 1. The van der Waals surface area contributed by atoms with Gasteiger partial charge in [-0.2, -0.15) is 0 Å². The summed E-state index contributed by atoms with van der Waals surface area (Å²) in [7, 11) is 0. The Balaban J connectivity index is 1.83. The third kappa shape index (κ3) is 4.38. The minimum absolute atomic E-state index is 0.632. The molecule has 1 aromatic heterocycles. The van der Waals surface area contributed by atoms with E-state index in [1.54, 1.807) is 0 Å². The predicted octanol–water partition coefficient (Wildman–Crippen LogP) is 3.48. The molecule has 0 aromatic carbocycles. The Bertz CT molecular complexity index is 306. The first-order valence-electron chi connectivity index (χ1n) is 7.23. The number of aryl methyl sites for hydroxylation is 1. The topological polar surface area (TPSA) is 21.3 Å². The molecule has 1 aliphatic heterocycles. The molecule has 0 spiro atoms. The van der Waals surface area contributed by atoms with Gasteiger partial charge in [0.15, 0.2) is 0 Å². The fourth-order valence-electron chi connectivity index (χ4n) is 2.67. The van der Waals surface area contributed by atoms with Crippen LogP contribution in [0.3, 0.4) is 0 Å². The zero-order valence-corrected chi connectivity index (χ0v) is 12.2. The summed E-state index contributed by atoms with van der Waals surface area (Å²) in [6.07, 6.45) is 6.22. The Hall–Kier alpha value is -0.380. The second kappa shape index (κ2) is 7.93. The van der Waals surface area contributed by atoms with Crippen molar-refractivity contribution < 1.29 is 4.74 Å². The van der Waals surface area contributed by atoms with Crippen LogP contribution in [0.25, 0.3) is 0 Å². The maximum atomic E-state index is 5.64. The molecule has 0 aliphatic carbocycles. The summed E-state index contributed by atoms with van der Waals surface area (Å²) in [5, 5.41) is 5.90. The van der Waals surface area contributed by atoms with Gasteiger partial charge >= 0.3 is 0 Å². The van der Waals surface area contributed by atoms with Gasteiger partial charge in [0.2, 0.25) is 0 Å². The van der Waals surface area contributed by atoms with E-state index in [1.807, 2.05) is 11.3 Å². The van der Waals surface area contributed by atoms with E-state index >= 15 is 0 Å². The van der Waals surface area contributed by atoms with Crippen LogP contribution < -0.4 is 5.32 Å². The first-order chi connectivity index (χ1) is 8.90. The highest BCUT2D eigenvalue weighted by molar-refractivity contribution is 7.09. The second-order valence-corrected chi connectivity index (χ2v) is 6.19. The largest absolute Gasteiger partial charge is 0.381 e. The lowest BCUT2D eigenvalue weighted by Gasteiger charge is -2.31. The molecular weight excluding hydrogens is 242 g/mol. The molecule has 0 bridgehead atoms. The maximum absolute atomic E-state index is 5.64. The number of hydrogen-bond acceptors (Lipinski definition) is 3. The fourth-order valence-corrected chi connectivity index (χ4v) is 3.39. The van der Waals surface area contributed by atoms with Gasteiger partial charge in [-0.25, -0.2) is 0 Å². The quantitative estimate of drug-likeness (QED) is 0.816.